The molecule has 3 rings (SSSR count). The van der Waals surface area contributed by atoms with Crippen molar-refractivity contribution in [2.24, 2.45) is 12.0 Å². The average molecular weight is 555 g/mol. The van der Waals surface area contributed by atoms with E-state index >= 15 is 0 Å². The number of piperazine rings is 1. The number of aromatic nitrogens is 4. The van der Waals surface area contributed by atoms with Gasteiger partial charge in [-0.15, -0.1) is 24.0 Å². The summed E-state index contributed by atoms with van der Waals surface area (Å²) in [5.74, 6) is 1.58. The van der Waals surface area contributed by atoms with Gasteiger partial charge in [0.1, 0.15) is 0 Å². The molecule has 1 aliphatic rings. The highest BCUT2D eigenvalue weighted by Crippen LogP contribution is 2.13. The van der Waals surface area contributed by atoms with Crippen molar-refractivity contribution in [3.8, 4) is 0 Å². The zero-order valence-electron chi connectivity index (χ0n) is 19.3. The molecule has 1 fully saturated rings. The Morgan fingerprint density at radius 1 is 1.12 bits per heavy atom. The Morgan fingerprint density at radius 3 is 2.41 bits per heavy atom. The molecule has 2 N–H and O–H groups in total. The molecule has 3 heterocycles. The summed E-state index contributed by atoms with van der Waals surface area (Å²) in [4.78, 5) is 29.9. The standard InChI is InChI=1S/C21H33N9O.HI/c1-5-22-20(26-15-18-16(2)27-28(4)17(18)3)23-10-7-19(31)29-11-13-30(14-12-29)21-24-8-6-9-25-21;/h6,8-9H,5,7,10-15H2,1-4H3,(H2,22,23,26);1H. The molecule has 11 heteroatoms. The van der Waals surface area contributed by atoms with E-state index in [9.17, 15) is 4.79 Å². The Hall–Kier alpha value is -2.44. The fourth-order valence-corrected chi connectivity index (χ4v) is 3.60. The maximum atomic E-state index is 12.6. The van der Waals surface area contributed by atoms with Crippen molar-refractivity contribution in [2.75, 3.05) is 44.2 Å². The molecule has 10 nitrogen and oxygen atoms in total. The molecule has 1 saturated heterocycles. The minimum atomic E-state index is 0. The molecule has 0 atom stereocenters. The maximum absolute atomic E-state index is 12.6. The van der Waals surface area contributed by atoms with Gasteiger partial charge >= 0.3 is 0 Å². The third kappa shape index (κ3) is 6.78. The molecule has 2 aromatic rings. The van der Waals surface area contributed by atoms with E-state index in [1.54, 1.807) is 18.5 Å². The third-order valence-corrected chi connectivity index (χ3v) is 5.50. The Morgan fingerprint density at radius 2 is 1.81 bits per heavy atom. The van der Waals surface area contributed by atoms with Gasteiger partial charge in [-0.3, -0.25) is 9.48 Å². The summed E-state index contributed by atoms with van der Waals surface area (Å²) < 4.78 is 1.88. The molecule has 1 aliphatic heterocycles. The number of hydrogen-bond acceptors (Lipinski definition) is 6. The largest absolute Gasteiger partial charge is 0.357 e. The van der Waals surface area contributed by atoms with Crippen LogP contribution in [0.4, 0.5) is 5.95 Å². The van der Waals surface area contributed by atoms with Crippen LogP contribution in [0, 0.1) is 13.8 Å². The Kier molecular flexibility index (Phi) is 10.1. The van der Waals surface area contributed by atoms with Gasteiger partial charge in [-0.25, -0.2) is 15.0 Å². The summed E-state index contributed by atoms with van der Waals surface area (Å²) in [7, 11) is 1.94. The number of anilines is 1. The number of nitrogens with one attached hydrogen (secondary N) is 2. The Bertz CT molecular complexity index is 892. The van der Waals surface area contributed by atoms with Crippen molar-refractivity contribution >= 4 is 41.8 Å². The van der Waals surface area contributed by atoms with E-state index in [1.165, 1.54) is 0 Å². The second-order valence-corrected chi connectivity index (χ2v) is 7.56. The van der Waals surface area contributed by atoms with Crippen molar-refractivity contribution in [3.05, 3.63) is 35.4 Å². The van der Waals surface area contributed by atoms with Crippen LogP contribution < -0.4 is 15.5 Å². The normalized spacial score (nSPS) is 14.2. The number of aryl methyl sites for hydroxylation is 2. The monoisotopic (exact) mass is 555 g/mol. The number of halogens is 1. The van der Waals surface area contributed by atoms with Gasteiger partial charge in [0.05, 0.1) is 12.2 Å². The van der Waals surface area contributed by atoms with Gasteiger partial charge in [0.25, 0.3) is 0 Å². The molecule has 0 saturated carbocycles. The van der Waals surface area contributed by atoms with Gasteiger partial charge < -0.3 is 20.4 Å². The third-order valence-electron chi connectivity index (χ3n) is 5.50. The van der Waals surface area contributed by atoms with Gasteiger partial charge in [0.2, 0.25) is 11.9 Å². The van der Waals surface area contributed by atoms with Crippen LogP contribution in [0.15, 0.2) is 23.5 Å². The fraction of sp³-hybridized carbons (Fsp3) is 0.571. The lowest BCUT2D eigenvalue weighted by atomic mass is 10.2. The second-order valence-electron chi connectivity index (χ2n) is 7.56. The smallest absolute Gasteiger partial charge is 0.225 e. The molecular formula is C21H34IN9O. The zero-order valence-corrected chi connectivity index (χ0v) is 21.7. The van der Waals surface area contributed by atoms with Crippen molar-refractivity contribution in [3.63, 3.8) is 0 Å². The summed E-state index contributed by atoms with van der Waals surface area (Å²) in [6, 6.07) is 1.81. The quantitative estimate of drug-likeness (QED) is 0.301. The molecule has 0 spiro atoms. The van der Waals surface area contributed by atoms with E-state index in [4.69, 9.17) is 0 Å². The van der Waals surface area contributed by atoms with E-state index in [1.807, 2.05) is 37.4 Å². The number of carbonyl (C=O) groups excluding carboxylic acids is 1. The van der Waals surface area contributed by atoms with Crippen LogP contribution in [0.5, 0.6) is 0 Å². The highest BCUT2D eigenvalue weighted by Gasteiger charge is 2.22. The van der Waals surface area contributed by atoms with Crippen LogP contribution in [-0.2, 0) is 18.4 Å². The lowest BCUT2D eigenvalue weighted by Gasteiger charge is -2.34. The molecule has 176 valence electrons. The lowest BCUT2D eigenvalue weighted by molar-refractivity contribution is -0.131. The van der Waals surface area contributed by atoms with Crippen molar-refractivity contribution in [2.45, 2.75) is 33.7 Å². The van der Waals surface area contributed by atoms with Crippen LogP contribution in [0.2, 0.25) is 0 Å². The second kappa shape index (κ2) is 12.6. The van der Waals surface area contributed by atoms with Gasteiger partial charge in [0, 0.05) is 76.4 Å². The average Bonchev–Trinajstić information content (AvgIpc) is 3.03. The van der Waals surface area contributed by atoms with E-state index in [0.717, 1.165) is 42.5 Å². The molecule has 0 bridgehead atoms. The molecule has 0 radical (unpaired) electrons. The number of hydrogen-bond donors (Lipinski definition) is 2. The first-order valence-corrected chi connectivity index (χ1v) is 10.8. The van der Waals surface area contributed by atoms with Gasteiger partial charge in [-0.1, -0.05) is 0 Å². The SMILES string of the molecule is CCNC(=NCc1c(C)nn(C)c1C)NCCC(=O)N1CCN(c2ncccn2)CC1.I. The minimum absolute atomic E-state index is 0. The molecule has 0 aromatic carbocycles. The van der Waals surface area contributed by atoms with Crippen LogP contribution >= 0.6 is 24.0 Å². The van der Waals surface area contributed by atoms with Crippen LogP contribution in [0.3, 0.4) is 0 Å². The first kappa shape index (κ1) is 25.8. The Labute approximate surface area is 206 Å². The summed E-state index contributed by atoms with van der Waals surface area (Å²) in [5.41, 5.74) is 3.25. The summed E-state index contributed by atoms with van der Waals surface area (Å²) in [6.07, 6.45) is 3.91. The minimum Gasteiger partial charge on any atom is -0.357 e. The van der Waals surface area contributed by atoms with Gasteiger partial charge in [-0.05, 0) is 26.8 Å². The zero-order chi connectivity index (χ0) is 22.2. The number of nitrogens with zero attached hydrogens (tertiary/aromatic N) is 7. The van der Waals surface area contributed by atoms with Crippen LogP contribution in [-0.4, -0.2) is 75.8 Å². The molecular weight excluding hydrogens is 521 g/mol. The predicted octanol–water partition coefficient (Wildman–Crippen LogP) is 1.24. The van der Waals surface area contributed by atoms with Gasteiger partial charge in [-0.2, -0.15) is 5.10 Å². The molecule has 0 unspecified atom stereocenters. The number of amides is 1. The van der Waals surface area contributed by atoms with Crippen molar-refractivity contribution in [1.29, 1.82) is 0 Å². The number of aliphatic imine (C=N–C) groups is 1. The van der Waals surface area contributed by atoms with E-state index in [2.05, 4.69) is 35.6 Å². The molecule has 1 amide bonds. The van der Waals surface area contributed by atoms with Crippen molar-refractivity contribution < 1.29 is 4.79 Å². The first-order chi connectivity index (χ1) is 15.0. The predicted molar refractivity (Wildman–Crippen MR) is 136 cm³/mol. The highest BCUT2D eigenvalue weighted by molar-refractivity contribution is 14.0. The van der Waals surface area contributed by atoms with Crippen LogP contribution in [0.1, 0.15) is 30.3 Å². The van der Waals surface area contributed by atoms with Crippen LogP contribution in [0.25, 0.3) is 0 Å². The first-order valence-electron chi connectivity index (χ1n) is 10.8. The Balaban J connectivity index is 0.00000363. The van der Waals surface area contributed by atoms with E-state index in [0.29, 0.717) is 38.6 Å². The molecule has 32 heavy (non-hydrogen) atoms. The van der Waals surface area contributed by atoms with Gasteiger partial charge in [0.15, 0.2) is 5.96 Å². The number of carbonyl (C=O) groups is 1. The van der Waals surface area contributed by atoms with Crippen molar-refractivity contribution in [1.82, 2.24) is 35.3 Å². The lowest BCUT2D eigenvalue weighted by Crippen LogP contribution is -2.50. The topological polar surface area (TPSA) is 104 Å². The number of rotatable bonds is 7. The summed E-state index contributed by atoms with van der Waals surface area (Å²) in [5, 5.41) is 11.0. The summed E-state index contributed by atoms with van der Waals surface area (Å²) in [6.45, 7) is 10.8. The summed E-state index contributed by atoms with van der Waals surface area (Å²) >= 11 is 0. The fourth-order valence-electron chi connectivity index (χ4n) is 3.60. The number of guanidine groups is 1. The van der Waals surface area contributed by atoms with E-state index < -0.39 is 0 Å². The van der Waals surface area contributed by atoms with E-state index in [-0.39, 0.29) is 29.9 Å². The molecule has 0 aliphatic carbocycles. The highest BCUT2D eigenvalue weighted by atomic mass is 127. The maximum Gasteiger partial charge on any atom is 0.225 e. The molecule has 2 aromatic heterocycles.